The molecule has 26 heavy (non-hydrogen) atoms. The second kappa shape index (κ2) is 6.57. The van der Waals surface area contributed by atoms with Crippen LogP contribution in [0.3, 0.4) is 0 Å². The second-order valence-corrected chi connectivity index (χ2v) is 6.68. The Morgan fingerprint density at radius 1 is 1.04 bits per heavy atom. The molecule has 0 amide bonds. The Hall–Kier alpha value is -3.25. The van der Waals surface area contributed by atoms with Gasteiger partial charge in [-0.2, -0.15) is 0 Å². The van der Waals surface area contributed by atoms with Crippen molar-refractivity contribution >= 4 is 39.0 Å². The van der Waals surface area contributed by atoms with E-state index in [2.05, 4.69) is 32.8 Å². The van der Waals surface area contributed by atoms with Crippen molar-refractivity contribution in [3.05, 3.63) is 71.4 Å². The van der Waals surface area contributed by atoms with Crippen molar-refractivity contribution in [3.8, 4) is 11.1 Å². The van der Waals surface area contributed by atoms with Crippen LogP contribution in [0, 0.1) is 6.92 Å². The second-order valence-electron chi connectivity index (χ2n) is 5.82. The number of hydrogen-bond donors (Lipinski definition) is 2. The van der Waals surface area contributed by atoms with Gasteiger partial charge in [-0.3, -0.25) is 0 Å². The molecule has 6 heteroatoms. The van der Waals surface area contributed by atoms with E-state index >= 15 is 0 Å². The normalized spacial score (nSPS) is 10.8. The van der Waals surface area contributed by atoms with Gasteiger partial charge in [0.15, 0.2) is 0 Å². The molecular weight excluding hydrogens is 346 g/mol. The molecule has 5 nitrogen and oxygen atoms in total. The SMILES string of the molecule is Cc1nc(Nc2ccc(C(=O)O)cc2)c2c(-c3ccccc3)csc2n1. The fourth-order valence-corrected chi connectivity index (χ4v) is 3.79. The first-order valence-electron chi connectivity index (χ1n) is 8.03. The lowest BCUT2D eigenvalue weighted by molar-refractivity contribution is 0.0697. The summed E-state index contributed by atoms with van der Waals surface area (Å²) in [5, 5.41) is 15.4. The molecule has 0 unspecified atom stereocenters. The van der Waals surface area contributed by atoms with Crippen molar-refractivity contribution in [2.24, 2.45) is 0 Å². The number of thiophene rings is 1. The largest absolute Gasteiger partial charge is 0.478 e. The van der Waals surface area contributed by atoms with E-state index in [4.69, 9.17) is 5.11 Å². The number of hydrogen-bond acceptors (Lipinski definition) is 5. The third-order valence-electron chi connectivity index (χ3n) is 4.02. The van der Waals surface area contributed by atoms with E-state index in [9.17, 15) is 4.79 Å². The first-order chi connectivity index (χ1) is 12.6. The molecule has 0 spiro atoms. The number of aryl methyl sites for hydroxylation is 1. The van der Waals surface area contributed by atoms with Crippen LogP contribution in [0.2, 0.25) is 0 Å². The van der Waals surface area contributed by atoms with E-state index in [1.165, 1.54) is 0 Å². The highest BCUT2D eigenvalue weighted by molar-refractivity contribution is 7.17. The van der Waals surface area contributed by atoms with Crippen LogP contribution in [-0.4, -0.2) is 21.0 Å². The molecule has 0 saturated carbocycles. The molecule has 0 bridgehead atoms. The monoisotopic (exact) mass is 361 g/mol. The quantitative estimate of drug-likeness (QED) is 0.528. The molecule has 0 saturated heterocycles. The predicted octanol–water partition coefficient (Wildman–Crippen LogP) is 5.11. The Morgan fingerprint density at radius 3 is 2.46 bits per heavy atom. The molecule has 4 aromatic rings. The van der Waals surface area contributed by atoms with Crippen LogP contribution in [0.4, 0.5) is 11.5 Å². The van der Waals surface area contributed by atoms with Crippen molar-refractivity contribution in [1.29, 1.82) is 0 Å². The zero-order chi connectivity index (χ0) is 18.1. The number of rotatable bonds is 4. The van der Waals surface area contributed by atoms with Gasteiger partial charge in [0.2, 0.25) is 0 Å². The summed E-state index contributed by atoms with van der Waals surface area (Å²) in [5.41, 5.74) is 3.21. The van der Waals surface area contributed by atoms with Gasteiger partial charge in [0.1, 0.15) is 16.5 Å². The maximum absolute atomic E-state index is 11.0. The van der Waals surface area contributed by atoms with Crippen molar-refractivity contribution in [2.75, 3.05) is 5.32 Å². The topological polar surface area (TPSA) is 75.1 Å². The lowest BCUT2D eigenvalue weighted by atomic mass is 10.1. The predicted molar refractivity (Wildman–Crippen MR) is 104 cm³/mol. The van der Waals surface area contributed by atoms with Gasteiger partial charge in [-0.1, -0.05) is 30.3 Å². The molecule has 0 aliphatic heterocycles. The zero-order valence-corrected chi connectivity index (χ0v) is 14.7. The standard InChI is InChI=1S/C20H15N3O2S/c1-12-21-18(23-15-9-7-14(8-10-15)20(24)25)17-16(11-26-19(17)22-12)13-5-3-2-4-6-13/h2-11H,1H3,(H,24,25)(H,21,22,23). The molecule has 0 atom stereocenters. The highest BCUT2D eigenvalue weighted by Gasteiger charge is 2.14. The Kier molecular flexibility index (Phi) is 4.10. The number of carbonyl (C=O) groups is 1. The molecule has 2 aromatic carbocycles. The highest BCUT2D eigenvalue weighted by Crippen LogP contribution is 2.37. The third-order valence-corrected chi connectivity index (χ3v) is 4.90. The van der Waals surface area contributed by atoms with E-state index in [1.807, 2.05) is 25.1 Å². The lowest BCUT2D eigenvalue weighted by Crippen LogP contribution is -2.00. The Bertz CT molecular complexity index is 1090. The molecular formula is C20H15N3O2S. The maximum Gasteiger partial charge on any atom is 0.335 e. The molecule has 2 N–H and O–H groups in total. The molecule has 2 heterocycles. The minimum Gasteiger partial charge on any atom is -0.478 e. The van der Waals surface area contributed by atoms with Gasteiger partial charge >= 0.3 is 5.97 Å². The molecule has 4 rings (SSSR count). The first-order valence-corrected chi connectivity index (χ1v) is 8.91. The Balaban J connectivity index is 1.81. The smallest absolute Gasteiger partial charge is 0.335 e. The molecule has 0 fully saturated rings. The number of nitrogens with one attached hydrogen (secondary N) is 1. The number of aromatic nitrogens is 2. The fraction of sp³-hybridized carbons (Fsp3) is 0.0500. The van der Waals surface area contributed by atoms with Gasteiger partial charge in [-0.05, 0) is 36.8 Å². The van der Waals surface area contributed by atoms with Gasteiger partial charge in [0, 0.05) is 16.6 Å². The van der Waals surface area contributed by atoms with Gasteiger partial charge in [0.05, 0.1) is 10.9 Å². The van der Waals surface area contributed by atoms with Crippen LogP contribution >= 0.6 is 11.3 Å². The Morgan fingerprint density at radius 2 is 1.77 bits per heavy atom. The van der Waals surface area contributed by atoms with Gasteiger partial charge in [-0.25, -0.2) is 14.8 Å². The van der Waals surface area contributed by atoms with Crippen LogP contribution in [0.1, 0.15) is 16.2 Å². The van der Waals surface area contributed by atoms with Crippen molar-refractivity contribution in [3.63, 3.8) is 0 Å². The molecule has 2 aromatic heterocycles. The van der Waals surface area contributed by atoms with Crippen molar-refractivity contribution in [2.45, 2.75) is 6.92 Å². The molecule has 0 aliphatic carbocycles. The van der Waals surface area contributed by atoms with Gasteiger partial charge in [0.25, 0.3) is 0 Å². The fourth-order valence-electron chi connectivity index (χ4n) is 2.80. The summed E-state index contributed by atoms with van der Waals surface area (Å²) in [7, 11) is 0. The van der Waals surface area contributed by atoms with Crippen molar-refractivity contribution < 1.29 is 9.90 Å². The minimum atomic E-state index is -0.944. The van der Waals surface area contributed by atoms with Crippen LogP contribution in [-0.2, 0) is 0 Å². The summed E-state index contributed by atoms with van der Waals surface area (Å²) in [6.07, 6.45) is 0. The van der Waals surface area contributed by atoms with E-state index < -0.39 is 5.97 Å². The van der Waals surface area contributed by atoms with Crippen LogP contribution in [0.25, 0.3) is 21.3 Å². The van der Waals surface area contributed by atoms with E-state index in [1.54, 1.807) is 35.6 Å². The van der Waals surface area contributed by atoms with Gasteiger partial charge < -0.3 is 10.4 Å². The number of aromatic carboxylic acids is 1. The number of carboxylic acids is 1. The number of benzene rings is 2. The summed E-state index contributed by atoms with van der Waals surface area (Å²) >= 11 is 1.59. The zero-order valence-electron chi connectivity index (χ0n) is 13.9. The third kappa shape index (κ3) is 3.02. The summed E-state index contributed by atoms with van der Waals surface area (Å²) < 4.78 is 0. The summed E-state index contributed by atoms with van der Waals surface area (Å²) in [4.78, 5) is 21.1. The Labute approximate surface area is 154 Å². The van der Waals surface area contributed by atoms with Crippen molar-refractivity contribution in [1.82, 2.24) is 9.97 Å². The lowest BCUT2D eigenvalue weighted by Gasteiger charge is -2.10. The summed E-state index contributed by atoms with van der Waals surface area (Å²) in [6, 6.07) is 16.7. The molecule has 128 valence electrons. The van der Waals surface area contributed by atoms with E-state index in [0.717, 1.165) is 32.8 Å². The minimum absolute atomic E-state index is 0.250. The van der Waals surface area contributed by atoms with Gasteiger partial charge in [-0.15, -0.1) is 11.3 Å². The number of fused-ring (bicyclic) bond motifs is 1. The average Bonchev–Trinajstić information content (AvgIpc) is 3.07. The number of anilines is 2. The molecule has 0 radical (unpaired) electrons. The van der Waals surface area contributed by atoms with Crippen LogP contribution < -0.4 is 5.32 Å². The first kappa shape index (κ1) is 16.2. The number of nitrogens with zero attached hydrogens (tertiary/aromatic N) is 2. The number of carboxylic acid groups (broad SMARTS) is 1. The average molecular weight is 361 g/mol. The molecule has 0 aliphatic rings. The maximum atomic E-state index is 11.0. The van der Waals surface area contributed by atoms with Crippen LogP contribution in [0.5, 0.6) is 0 Å². The summed E-state index contributed by atoms with van der Waals surface area (Å²) in [6.45, 7) is 1.86. The summed E-state index contributed by atoms with van der Waals surface area (Å²) in [5.74, 6) is 0.459. The van der Waals surface area contributed by atoms with Crippen LogP contribution in [0.15, 0.2) is 60.0 Å². The highest BCUT2D eigenvalue weighted by atomic mass is 32.1. The van der Waals surface area contributed by atoms with E-state index in [0.29, 0.717) is 5.82 Å². The van der Waals surface area contributed by atoms with E-state index in [-0.39, 0.29) is 5.56 Å².